The molecule has 0 saturated heterocycles. The van der Waals surface area contributed by atoms with E-state index in [0.717, 1.165) is 12.1 Å². The number of fused-ring (bicyclic) bond motifs is 1. The van der Waals surface area contributed by atoms with Crippen molar-refractivity contribution in [3.8, 4) is 0 Å². The Morgan fingerprint density at radius 2 is 1.76 bits per heavy atom. The molecule has 0 fully saturated rings. The molecule has 1 N–H and O–H groups in total. The summed E-state index contributed by atoms with van der Waals surface area (Å²) in [4.78, 5) is 0. The number of benzene rings is 2. The zero-order valence-corrected chi connectivity index (χ0v) is 11.9. The number of rotatable bonds is 2. The molecule has 1 heterocycles. The fraction of sp³-hybridized carbons (Fsp3) is 0.0667. The van der Waals surface area contributed by atoms with Gasteiger partial charge in [0.25, 0.3) is 0 Å². The number of aliphatic hydroxyl groups is 1. The fourth-order valence-electron chi connectivity index (χ4n) is 2.08. The van der Waals surface area contributed by atoms with Crippen LogP contribution in [0.25, 0.3) is 11.0 Å². The van der Waals surface area contributed by atoms with Gasteiger partial charge in [0.2, 0.25) is 0 Å². The third kappa shape index (κ3) is 2.50. The van der Waals surface area contributed by atoms with Gasteiger partial charge in [-0.15, -0.1) is 0 Å². The molecule has 2 nitrogen and oxygen atoms in total. The number of aliphatic hydroxyl groups excluding tert-OH is 1. The molecule has 0 aliphatic carbocycles. The minimum atomic E-state index is -1.46. The molecule has 2 aromatic carbocycles. The van der Waals surface area contributed by atoms with Gasteiger partial charge in [0.1, 0.15) is 23.5 Å². The molecule has 0 saturated carbocycles. The molecule has 108 valence electrons. The molecule has 0 radical (unpaired) electrons. The van der Waals surface area contributed by atoms with Crippen molar-refractivity contribution in [3.63, 3.8) is 0 Å². The highest BCUT2D eigenvalue weighted by Gasteiger charge is 2.21. The summed E-state index contributed by atoms with van der Waals surface area (Å²) < 4.78 is 32.7. The van der Waals surface area contributed by atoms with Crippen LogP contribution in [0.3, 0.4) is 0 Å². The number of hydrogen-bond acceptors (Lipinski definition) is 2. The lowest BCUT2D eigenvalue weighted by atomic mass is 10.1. The van der Waals surface area contributed by atoms with Gasteiger partial charge >= 0.3 is 0 Å². The van der Waals surface area contributed by atoms with Crippen LogP contribution in [0.2, 0.25) is 10.0 Å². The monoisotopic (exact) mass is 328 g/mol. The zero-order chi connectivity index (χ0) is 15.1. The Hall–Kier alpha value is -1.62. The van der Waals surface area contributed by atoms with Gasteiger partial charge in [0, 0.05) is 10.9 Å². The molecule has 0 aliphatic rings. The standard InChI is InChI=1S/C15H8Cl2F2O2/c16-9-3-1-2-7-4-13(21-15(7)9)14(20)8-5-12(19)10(17)6-11(8)18/h1-6,14,20H. The Kier molecular flexibility index (Phi) is 3.61. The molecule has 0 spiro atoms. The van der Waals surface area contributed by atoms with E-state index < -0.39 is 17.7 Å². The Balaban J connectivity index is 2.10. The van der Waals surface area contributed by atoms with Gasteiger partial charge in [-0.3, -0.25) is 0 Å². The molecule has 0 bridgehead atoms. The summed E-state index contributed by atoms with van der Waals surface area (Å²) in [6.07, 6.45) is -1.46. The molecule has 0 amide bonds. The van der Waals surface area contributed by atoms with Gasteiger partial charge < -0.3 is 9.52 Å². The van der Waals surface area contributed by atoms with Crippen LogP contribution in [0, 0.1) is 11.6 Å². The minimum Gasteiger partial charge on any atom is -0.456 e. The molecule has 21 heavy (non-hydrogen) atoms. The van der Waals surface area contributed by atoms with E-state index in [2.05, 4.69) is 0 Å². The van der Waals surface area contributed by atoms with Crippen LogP contribution in [-0.4, -0.2) is 5.11 Å². The van der Waals surface area contributed by atoms with E-state index in [1.807, 2.05) is 0 Å². The van der Waals surface area contributed by atoms with E-state index in [4.69, 9.17) is 27.6 Å². The quantitative estimate of drug-likeness (QED) is 0.664. The van der Waals surface area contributed by atoms with Crippen molar-refractivity contribution in [1.82, 2.24) is 0 Å². The first kappa shape index (κ1) is 14.3. The van der Waals surface area contributed by atoms with E-state index in [0.29, 0.717) is 16.0 Å². The normalized spacial score (nSPS) is 12.8. The smallest absolute Gasteiger partial charge is 0.153 e. The van der Waals surface area contributed by atoms with Crippen molar-refractivity contribution in [2.45, 2.75) is 6.10 Å². The van der Waals surface area contributed by atoms with Crippen molar-refractivity contribution >= 4 is 34.2 Å². The first-order valence-electron chi connectivity index (χ1n) is 5.98. The molecule has 3 rings (SSSR count). The van der Waals surface area contributed by atoms with Gasteiger partial charge in [-0.05, 0) is 24.3 Å². The SMILES string of the molecule is OC(c1cc2cccc(Cl)c2o1)c1cc(F)c(Cl)cc1F. The predicted molar refractivity (Wildman–Crippen MR) is 76.7 cm³/mol. The van der Waals surface area contributed by atoms with Crippen LogP contribution in [0.4, 0.5) is 8.78 Å². The Labute approximate surface area is 128 Å². The number of para-hydroxylation sites is 1. The van der Waals surface area contributed by atoms with Crippen LogP contribution < -0.4 is 0 Å². The van der Waals surface area contributed by atoms with E-state index >= 15 is 0 Å². The summed E-state index contributed by atoms with van der Waals surface area (Å²) in [5.74, 6) is -1.57. The van der Waals surface area contributed by atoms with Gasteiger partial charge in [-0.1, -0.05) is 35.3 Å². The molecule has 0 aliphatic heterocycles. The molecule has 1 atom stereocenters. The lowest BCUT2D eigenvalue weighted by Gasteiger charge is -2.10. The van der Waals surface area contributed by atoms with Gasteiger partial charge in [-0.25, -0.2) is 8.78 Å². The third-order valence-corrected chi connectivity index (χ3v) is 3.71. The van der Waals surface area contributed by atoms with Crippen molar-refractivity contribution in [2.24, 2.45) is 0 Å². The lowest BCUT2D eigenvalue weighted by Crippen LogP contribution is -2.02. The molecule has 6 heteroatoms. The zero-order valence-electron chi connectivity index (χ0n) is 10.4. The average Bonchev–Trinajstić information content (AvgIpc) is 2.87. The van der Waals surface area contributed by atoms with Crippen LogP contribution in [0.5, 0.6) is 0 Å². The van der Waals surface area contributed by atoms with Crippen molar-refractivity contribution in [2.75, 3.05) is 0 Å². The summed E-state index contributed by atoms with van der Waals surface area (Å²) in [7, 11) is 0. The van der Waals surface area contributed by atoms with Crippen molar-refractivity contribution in [3.05, 3.63) is 69.4 Å². The van der Waals surface area contributed by atoms with Gasteiger partial charge in [0.15, 0.2) is 5.58 Å². The second-order valence-electron chi connectivity index (χ2n) is 4.50. The molecule has 3 aromatic rings. The van der Waals surface area contributed by atoms with E-state index in [1.165, 1.54) is 6.07 Å². The van der Waals surface area contributed by atoms with E-state index in [1.54, 1.807) is 18.2 Å². The maximum absolute atomic E-state index is 13.8. The fourth-order valence-corrected chi connectivity index (χ4v) is 2.45. The summed E-state index contributed by atoms with van der Waals surface area (Å²) >= 11 is 11.5. The largest absolute Gasteiger partial charge is 0.456 e. The highest BCUT2D eigenvalue weighted by Crippen LogP contribution is 2.33. The van der Waals surface area contributed by atoms with Crippen LogP contribution in [0.15, 0.2) is 40.8 Å². The second-order valence-corrected chi connectivity index (χ2v) is 5.31. The Morgan fingerprint density at radius 3 is 2.48 bits per heavy atom. The predicted octanol–water partition coefficient (Wildman–Crippen LogP) is 5.10. The number of hydrogen-bond donors (Lipinski definition) is 1. The first-order valence-corrected chi connectivity index (χ1v) is 6.73. The van der Waals surface area contributed by atoms with Gasteiger partial charge in [0.05, 0.1) is 10.0 Å². The maximum Gasteiger partial charge on any atom is 0.153 e. The summed E-state index contributed by atoms with van der Waals surface area (Å²) in [6.45, 7) is 0. The number of furan rings is 1. The molecule has 1 aromatic heterocycles. The molecule has 1 unspecified atom stereocenters. The second kappa shape index (κ2) is 5.30. The van der Waals surface area contributed by atoms with E-state index in [-0.39, 0.29) is 16.3 Å². The minimum absolute atomic E-state index is 0.0683. The van der Waals surface area contributed by atoms with Crippen LogP contribution in [0.1, 0.15) is 17.4 Å². The first-order chi connectivity index (χ1) is 9.97. The topological polar surface area (TPSA) is 33.4 Å². The van der Waals surface area contributed by atoms with Crippen LogP contribution >= 0.6 is 23.2 Å². The highest BCUT2D eigenvalue weighted by molar-refractivity contribution is 6.34. The molecular weight excluding hydrogens is 321 g/mol. The lowest BCUT2D eigenvalue weighted by molar-refractivity contribution is 0.187. The number of halogens is 4. The summed E-state index contributed by atoms with van der Waals surface area (Å²) in [6, 6.07) is 8.27. The van der Waals surface area contributed by atoms with E-state index in [9.17, 15) is 13.9 Å². The van der Waals surface area contributed by atoms with Crippen molar-refractivity contribution in [1.29, 1.82) is 0 Å². The van der Waals surface area contributed by atoms with Crippen LogP contribution in [-0.2, 0) is 0 Å². The Morgan fingerprint density at radius 1 is 1.00 bits per heavy atom. The average molecular weight is 329 g/mol. The third-order valence-electron chi connectivity index (χ3n) is 3.12. The summed E-state index contributed by atoms with van der Waals surface area (Å²) in [5.41, 5.74) is 0.120. The molecular formula is C15H8Cl2F2O2. The highest BCUT2D eigenvalue weighted by atomic mass is 35.5. The summed E-state index contributed by atoms with van der Waals surface area (Å²) in [5, 5.41) is 10.9. The maximum atomic E-state index is 13.8. The van der Waals surface area contributed by atoms with Crippen molar-refractivity contribution < 1.29 is 18.3 Å². The Bertz CT molecular complexity index is 830. The van der Waals surface area contributed by atoms with Gasteiger partial charge in [-0.2, -0.15) is 0 Å².